The Hall–Kier alpha value is -4.30. The fraction of sp³-hybridized carbons (Fsp3) is 0.161. The van der Waals surface area contributed by atoms with E-state index in [1.807, 2.05) is 30.3 Å². The molecule has 39 heavy (non-hydrogen) atoms. The number of halogens is 1. The fourth-order valence-electron chi connectivity index (χ4n) is 4.67. The molecular weight excluding hydrogens is 513 g/mol. The van der Waals surface area contributed by atoms with Gasteiger partial charge in [-0.05, 0) is 55.5 Å². The van der Waals surface area contributed by atoms with Gasteiger partial charge >= 0.3 is 0 Å². The van der Waals surface area contributed by atoms with Crippen molar-refractivity contribution < 1.29 is 18.2 Å². The van der Waals surface area contributed by atoms with E-state index in [1.54, 1.807) is 60.7 Å². The molecule has 1 unspecified atom stereocenters. The highest BCUT2D eigenvalue weighted by Crippen LogP contribution is 2.36. The summed E-state index contributed by atoms with van der Waals surface area (Å²) in [5.41, 5.74) is 2.33. The van der Waals surface area contributed by atoms with Crippen LogP contribution in [-0.4, -0.2) is 35.7 Å². The zero-order valence-corrected chi connectivity index (χ0v) is 22.3. The summed E-state index contributed by atoms with van der Waals surface area (Å²) in [6.07, 6.45) is 0. The van der Waals surface area contributed by atoms with E-state index in [2.05, 4.69) is 17.1 Å². The first kappa shape index (κ1) is 26.3. The molecule has 1 aliphatic heterocycles. The molecule has 5 rings (SSSR count). The molecule has 1 aliphatic rings. The van der Waals surface area contributed by atoms with Crippen molar-refractivity contribution in [2.75, 3.05) is 29.4 Å². The second-order valence-electron chi connectivity index (χ2n) is 9.10. The number of carbonyl (C=O) groups is 2. The summed E-state index contributed by atoms with van der Waals surface area (Å²) in [4.78, 5) is 31.2. The monoisotopic (exact) mass is 541 g/mol. The van der Waals surface area contributed by atoms with E-state index >= 15 is 0 Å². The molecule has 0 fully saturated rings. The fourth-order valence-corrected chi connectivity index (χ4v) is 6.02. The van der Waals surface area contributed by atoms with E-state index in [-0.39, 0.29) is 18.0 Å². The molecule has 0 spiro atoms. The minimum atomic E-state index is -1.66. The lowest BCUT2D eigenvalue weighted by atomic mass is 10.1. The Morgan fingerprint density at radius 3 is 2.41 bits per heavy atom. The largest absolute Gasteiger partial charge is 0.370 e. The lowest BCUT2D eigenvalue weighted by Gasteiger charge is -2.24. The van der Waals surface area contributed by atoms with Gasteiger partial charge in [-0.1, -0.05) is 48.5 Å². The van der Waals surface area contributed by atoms with E-state index in [4.69, 9.17) is 0 Å². The van der Waals surface area contributed by atoms with Gasteiger partial charge in [0.25, 0.3) is 11.8 Å². The van der Waals surface area contributed by atoms with E-state index in [0.29, 0.717) is 39.7 Å². The van der Waals surface area contributed by atoms with Gasteiger partial charge in [0.15, 0.2) is 0 Å². The van der Waals surface area contributed by atoms with Gasteiger partial charge in [-0.15, -0.1) is 0 Å². The summed E-state index contributed by atoms with van der Waals surface area (Å²) in [6, 6.07) is 27.7. The van der Waals surface area contributed by atoms with Crippen LogP contribution in [0.2, 0.25) is 0 Å². The predicted molar refractivity (Wildman–Crippen MR) is 151 cm³/mol. The number of para-hydroxylation sites is 1. The Labute approximate surface area is 229 Å². The molecule has 0 aromatic heterocycles. The van der Waals surface area contributed by atoms with Gasteiger partial charge in [-0.2, -0.15) is 0 Å². The molecule has 0 bridgehead atoms. The van der Waals surface area contributed by atoms with Crippen LogP contribution in [-0.2, 0) is 17.3 Å². The summed E-state index contributed by atoms with van der Waals surface area (Å²) in [5, 5.41) is 2.95. The van der Waals surface area contributed by atoms with Crippen molar-refractivity contribution in [1.82, 2.24) is 5.32 Å². The third-order valence-corrected chi connectivity index (χ3v) is 8.23. The van der Waals surface area contributed by atoms with E-state index in [0.717, 1.165) is 12.2 Å². The zero-order valence-electron chi connectivity index (χ0n) is 21.5. The van der Waals surface area contributed by atoms with E-state index < -0.39 is 22.5 Å². The highest BCUT2D eigenvalue weighted by atomic mass is 32.2. The molecule has 0 radical (unpaired) electrons. The molecule has 198 valence electrons. The standard InChI is InChI=1S/C31H28FN3O3S/c1-2-34(24-11-4-3-5-12-24)19-18-33-30(36)22-16-17-29-27(20-22)35(21-23-10-6-8-14-26(23)32)31(37)25-13-7-9-15-28(25)39(29)38/h3-17,20H,2,18-19,21H2,1H3,(H,33,36). The number of hydrogen-bond donors (Lipinski definition) is 1. The van der Waals surface area contributed by atoms with Crippen molar-refractivity contribution >= 4 is 34.0 Å². The first-order valence-electron chi connectivity index (χ1n) is 12.8. The summed E-state index contributed by atoms with van der Waals surface area (Å²) in [6.45, 7) is 3.80. The predicted octanol–water partition coefficient (Wildman–Crippen LogP) is 5.41. The number of hydrogen-bond acceptors (Lipinski definition) is 4. The Bertz CT molecular complexity index is 1540. The summed E-state index contributed by atoms with van der Waals surface area (Å²) in [7, 11) is -1.66. The zero-order chi connectivity index (χ0) is 27.4. The van der Waals surface area contributed by atoms with Crippen molar-refractivity contribution in [2.45, 2.75) is 23.3 Å². The molecule has 4 aromatic rings. The maximum absolute atomic E-state index is 14.6. The topological polar surface area (TPSA) is 69.7 Å². The second kappa shape index (κ2) is 11.6. The van der Waals surface area contributed by atoms with Crippen molar-refractivity contribution in [3.8, 4) is 0 Å². The molecule has 4 aromatic carbocycles. The summed E-state index contributed by atoms with van der Waals surface area (Å²) in [5.74, 6) is -1.16. The summed E-state index contributed by atoms with van der Waals surface area (Å²) < 4.78 is 28.2. The number of fused-ring (bicyclic) bond motifs is 2. The van der Waals surface area contributed by atoms with Crippen LogP contribution < -0.4 is 15.1 Å². The highest BCUT2D eigenvalue weighted by Gasteiger charge is 2.32. The van der Waals surface area contributed by atoms with E-state index in [9.17, 15) is 18.2 Å². The van der Waals surface area contributed by atoms with Crippen LogP contribution >= 0.6 is 0 Å². The molecule has 6 nitrogen and oxygen atoms in total. The number of nitrogens with one attached hydrogen (secondary N) is 1. The minimum Gasteiger partial charge on any atom is -0.370 e. The quantitative estimate of drug-likeness (QED) is 0.324. The first-order chi connectivity index (χ1) is 19.0. The highest BCUT2D eigenvalue weighted by molar-refractivity contribution is 7.85. The normalized spacial score (nSPS) is 14.3. The Balaban J connectivity index is 1.44. The van der Waals surface area contributed by atoms with Gasteiger partial charge in [0.2, 0.25) is 0 Å². The van der Waals surface area contributed by atoms with Gasteiger partial charge in [0, 0.05) is 36.4 Å². The smallest absolute Gasteiger partial charge is 0.259 e. The Kier molecular flexibility index (Phi) is 7.84. The van der Waals surface area contributed by atoms with Crippen LogP contribution in [0, 0.1) is 5.82 Å². The van der Waals surface area contributed by atoms with Crippen molar-refractivity contribution in [2.24, 2.45) is 0 Å². The lowest BCUT2D eigenvalue weighted by molar-refractivity contribution is 0.0950. The van der Waals surface area contributed by atoms with Crippen LogP contribution in [0.5, 0.6) is 0 Å². The number of amides is 2. The molecule has 1 atom stereocenters. The van der Waals surface area contributed by atoms with Gasteiger partial charge in [-0.3, -0.25) is 9.59 Å². The average Bonchev–Trinajstić information content (AvgIpc) is 3.06. The average molecular weight is 542 g/mol. The molecule has 1 heterocycles. The number of rotatable bonds is 8. The maximum atomic E-state index is 14.6. The third kappa shape index (κ3) is 5.47. The minimum absolute atomic E-state index is 0.0718. The SMILES string of the molecule is CCN(CCNC(=O)c1ccc2c(c1)N(Cc1ccccc1F)C(=O)c1ccccc1S2=O)c1ccccc1. The lowest BCUT2D eigenvalue weighted by Crippen LogP contribution is -2.35. The van der Waals surface area contributed by atoms with Gasteiger partial charge in [0.05, 0.1) is 38.4 Å². The van der Waals surface area contributed by atoms with Crippen molar-refractivity contribution in [3.63, 3.8) is 0 Å². The first-order valence-corrected chi connectivity index (χ1v) is 13.9. The van der Waals surface area contributed by atoms with Crippen LogP contribution in [0.15, 0.2) is 107 Å². The molecule has 0 saturated carbocycles. The van der Waals surface area contributed by atoms with Crippen LogP contribution in [0.4, 0.5) is 15.8 Å². The Morgan fingerprint density at radius 2 is 1.64 bits per heavy atom. The van der Waals surface area contributed by atoms with Crippen molar-refractivity contribution in [3.05, 3.63) is 120 Å². The molecular formula is C31H28FN3O3S. The number of carbonyl (C=O) groups excluding carboxylic acids is 2. The third-order valence-electron chi connectivity index (χ3n) is 6.73. The number of anilines is 2. The number of benzene rings is 4. The maximum Gasteiger partial charge on any atom is 0.259 e. The van der Waals surface area contributed by atoms with Crippen molar-refractivity contribution in [1.29, 1.82) is 0 Å². The van der Waals surface area contributed by atoms with Gasteiger partial charge in [0.1, 0.15) is 5.82 Å². The van der Waals surface area contributed by atoms with E-state index in [1.165, 1.54) is 11.0 Å². The molecule has 0 aliphatic carbocycles. The van der Waals surface area contributed by atoms with Crippen LogP contribution in [0.1, 0.15) is 33.2 Å². The Morgan fingerprint density at radius 1 is 0.923 bits per heavy atom. The van der Waals surface area contributed by atoms with Crippen LogP contribution in [0.25, 0.3) is 0 Å². The van der Waals surface area contributed by atoms with Gasteiger partial charge < -0.3 is 15.1 Å². The molecule has 8 heteroatoms. The molecule has 0 saturated heterocycles. The molecule has 1 N–H and O–H groups in total. The number of nitrogens with zero attached hydrogens (tertiary/aromatic N) is 2. The second-order valence-corrected chi connectivity index (χ2v) is 10.5. The van der Waals surface area contributed by atoms with Crippen LogP contribution in [0.3, 0.4) is 0 Å². The molecule has 2 amide bonds. The number of likely N-dealkylation sites (N-methyl/N-ethyl adjacent to an activating group) is 1. The van der Waals surface area contributed by atoms with Gasteiger partial charge in [-0.25, -0.2) is 8.60 Å². The summed E-state index contributed by atoms with van der Waals surface area (Å²) >= 11 is 0.